The molecule has 11 unspecified atom stereocenters. The van der Waals surface area contributed by atoms with Crippen LogP contribution in [-0.4, -0.2) is 142 Å². The van der Waals surface area contributed by atoms with Crippen LogP contribution in [0.15, 0.2) is 60.8 Å². The van der Waals surface area contributed by atoms with Gasteiger partial charge in [-0.05, 0) is 70.6 Å². The minimum absolute atomic E-state index is 0.0440. The van der Waals surface area contributed by atoms with E-state index in [2.05, 4.69) is 74.6 Å². The minimum Gasteiger partial charge on any atom is -0.457 e. The van der Waals surface area contributed by atoms with Crippen molar-refractivity contribution in [3.63, 3.8) is 0 Å². The van der Waals surface area contributed by atoms with E-state index in [1.807, 2.05) is 0 Å². The number of unbranched alkanes of at least 4 members (excludes halogenated alkanes) is 11. The zero-order valence-corrected chi connectivity index (χ0v) is 37.6. The molecule has 11 atom stereocenters. The van der Waals surface area contributed by atoms with Crippen molar-refractivity contribution in [2.24, 2.45) is 0 Å². The summed E-state index contributed by atoms with van der Waals surface area (Å²) >= 11 is 0. The van der Waals surface area contributed by atoms with Gasteiger partial charge in [0, 0.05) is 13.0 Å². The number of allylic oxidation sites excluding steroid dienone is 10. The van der Waals surface area contributed by atoms with E-state index in [-0.39, 0.29) is 19.6 Å². The summed E-state index contributed by atoms with van der Waals surface area (Å²) < 4.78 is 34.1. The Morgan fingerprint density at radius 2 is 1.05 bits per heavy atom. The van der Waals surface area contributed by atoms with Crippen LogP contribution in [-0.2, 0) is 33.2 Å². The standard InChI is InChI=1S/C48H82O14/c1-3-5-7-9-11-13-15-16-17-18-19-20-21-23-25-27-29-31-40(50)60-37(34-57-32-30-28-26-24-22-14-12-10-8-6-4-2)35-58-47-46(56)44(54)42(52)39(62-47)36-59-48-45(55)43(53)41(51)38(33-49)61-48/h5,7-8,10-11,13,16-17,19-20,37-39,41-49,51-56H,3-4,6,9,12,14-15,18,21-36H2,1-2H3/b7-5-,10-8-,13-11-,17-16-,20-19-. The lowest BCUT2D eigenvalue weighted by molar-refractivity contribution is -0.332. The van der Waals surface area contributed by atoms with E-state index in [1.165, 1.54) is 25.7 Å². The Bertz CT molecular complexity index is 1250. The molecule has 0 amide bonds. The van der Waals surface area contributed by atoms with Crippen LogP contribution in [0.25, 0.3) is 0 Å². The third kappa shape index (κ3) is 24.1. The summed E-state index contributed by atoms with van der Waals surface area (Å²) in [7, 11) is 0. The van der Waals surface area contributed by atoms with Crippen molar-refractivity contribution in [3.05, 3.63) is 60.8 Å². The summed E-state index contributed by atoms with van der Waals surface area (Å²) in [5.41, 5.74) is 0. The van der Waals surface area contributed by atoms with Gasteiger partial charge in [-0.2, -0.15) is 0 Å². The average molecular weight is 883 g/mol. The fourth-order valence-corrected chi connectivity index (χ4v) is 6.92. The maximum absolute atomic E-state index is 12.9. The molecule has 0 aliphatic carbocycles. The topological polar surface area (TPSA) is 214 Å². The highest BCUT2D eigenvalue weighted by Crippen LogP contribution is 2.26. The van der Waals surface area contributed by atoms with Crippen molar-refractivity contribution in [2.45, 2.75) is 203 Å². The Kier molecular flexibility index (Phi) is 32.4. The molecule has 0 saturated carbocycles. The molecule has 0 radical (unpaired) electrons. The molecule has 2 heterocycles. The van der Waals surface area contributed by atoms with Crippen LogP contribution in [0.1, 0.15) is 136 Å². The van der Waals surface area contributed by atoms with E-state index in [0.29, 0.717) is 13.0 Å². The minimum atomic E-state index is -1.71. The number of aliphatic hydroxyl groups excluding tert-OH is 7. The third-order valence-corrected chi connectivity index (χ3v) is 10.7. The molecule has 0 aromatic carbocycles. The number of esters is 1. The van der Waals surface area contributed by atoms with Gasteiger partial charge in [-0.3, -0.25) is 4.79 Å². The lowest BCUT2D eigenvalue weighted by Gasteiger charge is -2.42. The molecule has 14 nitrogen and oxygen atoms in total. The molecule has 0 aromatic rings. The smallest absolute Gasteiger partial charge is 0.306 e. The van der Waals surface area contributed by atoms with Crippen molar-refractivity contribution in [2.75, 3.05) is 33.0 Å². The average Bonchev–Trinajstić information content (AvgIpc) is 3.27. The molecule has 2 fully saturated rings. The van der Waals surface area contributed by atoms with Gasteiger partial charge in [-0.1, -0.05) is 120 Å². The molecule has 0 bridgehead atoms. The van der Waals surface area contributed by atoms with Crippen LogP contribution < -0.4 is 0 Å². The number of hydrogen-bond acceptors (Lipinski definition) is 14. The van der Waals surface area contributed by atoms with Gasteiger partial charge in [0.15, 0.2) is 12.6 Å². The fraction of sp³-hybridized carbons (Fsp3) is 0.771. The summed E-state index contributed by atoms with van der Waals surface area (Å²) in [6.07, 6.45) is 24.3. The van der Waals surface area contributed by atoms with Gasteiger partial charge in [0.2, 0.25) is 0 Å². The van der Waals surface area contributed by atoms with E-state index in [4.69, 9.17) is 28.4 Å². The van der Waals surface area contributed by atoms with Crippen LogP contribution in [0.3, 0.4) is 0 Å². The first-order valence-electron chi connectivity index (χ1n) is 23.4. The number of rotatable bonds is 35. The highest BCUT2D eigenvalue weighted by molar-refractivity contribution is 5.69. The fourth-order valence-electron chi connectivity index (χ4n) is 6.92. The molecular weight excluding hydrogens is 801 g/mol. The molecular formula is C48H82O14. The lowest BCUT2D eigenvalue weighted by Crippen LogP contribution is -2.61. The summed E-state index contributed by atoms with van der Waals surface area (Å²) in [6, 6.07) is 0. The first kappa shape index (κ1) is 55.8. The Balaban J connectivity index is 1.81. The molecule has 0 aromatic heterocycles. The molecule has 62 heavy (non-hydrogen) atoms. The summed E-state index contributed by atoms with van der Waals surface area (Å²) in [5.74, 6) is -0.405. The predicted molar refractivity (Wildman–Crippen MR) is 238 cm³/mol. The summed E-state index contributed by atoms with van der Waals surface area (Å²) in [5, 5.41) is 71.9. The van der Waals surface area contributed by atoms with Crippen molar-refractivity contribution < 1.29 is 69.0 Å². The van der Waals surface area contributed by atoms with Crippen LogP contribution in [0.4, 0.5) is 0 Å². The molecule has 2 rings (SSSR count). The second-order valence-corrected chi connectivity index (χ2v) is 16.2. The van der Waals surface area contributed by atoms with E-state index in [0.717, 1.165) is 83.5 Å². The zero-order valence-electron chi connectivity index (χ0n) is 37.6. The zero-order chi connectivity index (χ0) is 45.2. The highest BCUT2D eigenvalue weighted by atomic mass is 16.7. The van der Waals surface area contributed by atoms with Crippen LogP contribution in [0, 0.1) is 0 Å². The van der Waals surface area contributed by atoms with E-state index in [9.17, 15) is 40.5 Å². The van der Waals surface area contributed by atoms with E-state index < -0.39 is 86.7 Å². The van der Waals surface area contributed by atoms with Gasteiger partial charge in [-0.15, -0.1) is 0 Å². The Morgan fingerprint density at radius 1 is 0.548 bits per heavy atom. The van der Waals surface area contributed by atoms with E-state index in [1.54, 1.807) is 0 Å². The molecule has 2 aliphatic rings. The van der Waals surface area contributed by atoms with Crippen molar-refractivity contribution in [3.8, 4) is 0 Å². The second kappa shape index (κ2) is 36.0. The molecule has 2 aliphatic heterocycles. The number of carbonyl (C=O) groups excluding carboxylic acids is 1. The number of carbonyl (C=O) groups is 1. The first-order valence-corrected chi connectivity index (χ1v) is 23.4. The van der Waals surface area contributed by atoms with Gasteiger partial charge in [-0.25, -0.2) is 0 Å². The Labute approximate surface area is 371 Å². The van der Waals surface area contributed by atoms with Crippen molar-refractivity contribution in [1.82, 2.24) is 0 Å². The molecule has 0 spiro atoms. The van der Waals surface area contributed by atoms with Gasteiger partial charge < -0.3 is 64.2 Å². The number of hydrogen-bond donors (Lipinski definition) is 7. The monoisotopic (exact) mass is 883 g/mol. The SMILES string of the molecule is CC/C=C\C/C=C\C/C=C\C/C=C\CCCCCCC(=O)OC(COCCCCCCCC/C=C\CCC)COC1OC(COC2OC(CO)C(O)C(O)C2O)C(O)C(O)C1O. The van der Waals surface area contributed by atoms with Gasteiger partial charge >= 0.3 is 5.97 Å². The van der Waals surface area contributed by atoms with Crippen molar-refractivity contribution >= 4 is 5.97 Å². The second-order valence-electron chi connectivity index (χ2n) is 16.2. The highest BCUT2D eigenvalue weighted by Gasteiger charge is 2.47. The molecule has 14 heteroatoms. The van der Waals surface area contributed by atoms with Gasteiger partial charge in [0.1, 0.15) is 54.9 Å². The lowest BCUT2D eigenvalue weighted by atomic mass is 9.98. The Hall–Kier alpha value is -2.31. The maximum Gasteiger partial charge on any atom is 0.306 e. The number of ether oxygens (including phenoxy) is 6. The van der Waals surface area contributed by atoms with Crippen LogP contribution >= 0.6 is 0 Å². The Morgan fingerprint density at radius 3 is 1.66 bits per heavy atom. The van der Waals surface area contributed by atoms with Gasteiger partial charge in [0.05, 0.1) is 26.4 Å². The number of aliphatic hydroxyl groups is 7. The summed E-state index contributed by atoms with van der Waals surface area (Å²) in [6.45, 7) is 3.44. The first-order chi connectivity index (χ1) is 30.1. The predicted octanol–water partition coefficient (Wildman–Crippen LogP) is 5.79. The maximum atomic E-state index is 12.9. The molecule has 358 valence electrons. The quantitative estimate of drug-likeness (QED) is 0.0228. The largest absolute Gasteiger partial charge is 0.457 e. The van der Waals surface area contributed by atoms with Crippen molar-refractivity contribution in [1.29, 1.82) is 0 Å². The van der Waals surface area contributed by atoms with Crippen LogP contribution in [0.2, 0.25) is 0 Å². The summed E-state index contributed by atoms with van der Waals surface area (Å²) in [4.78, 5) is 12.9. The van der Waals surface area contributed by atoms with E-state index >= 15 is 0 Å². The normalized spacial score (nSPS) is 27.8. The third-order valence-electron chi connectivity index (χ3n) is 10.7. The van der Waals surface area contributed by atoms with Gasteiger partial charge in [0.25, 0.3) is 0 Å². The molecule has 2 saturated heterocycles. The van der Waals surface area contributed by atoms with Crippen LogP contribution in [0.5, 0.6) is 0 Å². The molecule has 7 N–H and O–H groups in total.